The monoisotopic (exact) mass is 457 g/mol. The zero-order valence-electron chi connectivity index (χ0n) is 18.7. The van der Waals surface area contributed by atoms with Gasteiger partial charge < -0.3 is 24.7 Å². The molecule has 0 bridgehead atoms. The molecule has 2 aromatic heterocycles. The zero-order valence-corrected chi connectivity index (χ0v) is 19.5. The maximum atomic E-state index is 12.9. The number of carbonyl (C=O) groups excluding carboxylic acids is 2. The van der Waals surface area contributed by atoms with Crippen LogP contribution in [0.3, 0.4) is 0 Å². The van der Waals surface area contributed by atoms with Crippen molar-refractivity contribution in [2.75, 3.05) is 19.5 Å². The summed E-state index contributed by atoms with van der Waals surface area (Å²) < 4.78 is 12.6. The summed E-state index contributed by atoms with van der Waals surface area (Å²) >= 11 is 1.29. The van der Waals surface area contributed by atoms with E-state index < -0.39 is 6.04 Å². The van der Waals surface area contributed by atoms with E-state index in [4.69, 9.17) is 9.47 Å². The summed E-state index contributed by atoms with van der Waals surface area (Å²) in [6.07, 6.45) is 3.56. The first-order valence-corrected chi connectivity index (χ1v) is 10.9. The Morgan fingerprint density at radius 1 is 1.16 bits per heavy atom. The second-order valence-electron chi connectivity index (χ2n) is 7.51. The van der Waals surface area contributed by atoms with Crippen LogP contribution in [0.1, 0.15) is 37.0 Å². The van der Waals surface area contributed by atoms with Crippen LogP contribution in [0.2, 0.25) is 0 Å². The molecule has 3 aromatic rings. The highest BCUT2D eigenvalue weighted by Crippen LogP contribution is 2.29. The lowest BCUT2D eigenvalue weighted by molar-refractivity contribution is -0.121. The van der Waals surface area contributed by atoms with E-state index in [1.54, 1.807) is 31.9 Å². The van der Waals surface area contributed by atoms with E-state index in [1.165, 1.54) is 11.3 Å². The fraction of sp³-hybridized carbons (Fsp3) is 0.364. The van der Waals surface area contributed by atoms with Crippen molar-refractivity contribution in [2.24, 2.45) is 13.0 Å². The van der Waals surface area contributed by atoms with E-state index in [-0.39, 0.29) is 24.2 Å². The average molecular weight is 458 g/mol. The Morgan fingerprint density at radius 2 is 1.84 bits per heavy atom. The fourth-order valence-corrected chi connectivity index (χ4v) is 3.73. The van der Waals surface area contributed by atoms with Crippen LogP contribution in [-0.4, -0.2) is 40.6 Å². The number of anilines is 1. The lowest BCUT2D eigenvalue weighted by Gasteiger charge is -2.20. The molecule has 0 spiro atoms. The number of ether oxygens (including phenoxy) is 2. The highest BCUT2D eigenvalue weighted by Gasteiger charge is 2.23. The number of rotatable bonds is 9. The van der Waals surface area contributed by atoms with Gasteiger partial charge in [-0.1, -0.05) is 13.8 Å². The molecule has 1 unspecified atom stereocenters. The maximum absolute atomic E-state index is 12.9. The number of imidazole rings is 1. The van der Waals surface area contributed by atoms with E-state index in [0.717, 1.165) is 5.56 Å². The van der Waals surface area contributed by atoms with Gasteiger partial charge in [-0.3, -0.25) is 9.59 Å². The first-order chi connectivity index (χ1) is 15.3. The third kappa shape index (κ3) is 5.64. The Morgan fingerprint density at radius 3 is 2.41 bits per heavy atom. The first kappa shape index (κ1) is 23.3. The van der Waals surface area contributed by atoms with Gasteiger partial charge in [-0.15, -0.1) is 11.3 Å². The van der Waals surface area contributed by atoms with Crippen LogP contribution in [0.25, 0.3) is 0 Å². The second kappa shape index (κ2) is 10.3. The number of aromatic nitrogens is 3. The molecule has 0 aliphatic rings. The van der Waals surface area contributed by atoms with Gasteiger partial charge in [0, 0.05) is 36.8 Å². The third-order valence-corrected chi connectivity index (χ3v) is 5.58. The molecule has 1 atom stereocenters. The molecule has 0 aliphatic heterocycles. The number of amides is 2. The third-order valence-electron chi connectivity index (χ3n) is 4.78. The molecule has 10 heteroatoms. The summed E-state index contributed by atoms with van der Waals surface area (Å²) in [6, 6.07) is 4.92. The quantitative estimate of drug-likeness (QED) is 0.512. The summed E-state index contributed by atoms with van der Waals surface area (Å²) in [6.45, 7) is 3.62. The molecule has 1 aromatic carbocycles. The number of nitrogens with zero attached hydrogens (tertiary/aromatic N) is 3. The van der Waals surface area contributed by atoms with Gasteiger partial charge in [0.2, 0.25) is 11.8 Å². The summed E-state index contributed by atoms with van der Waals surface area (Å²) in [7, 11) is 5.01. The van der Waals surface area contributed by atoms with Crippen LogP contribution in [0.4, 0.5) is 5.13 Å². The molecule has 0 radical (unpaired) electrons. The molecule has 2 heterocycles. The summed E-state index contributed by atoms with van der Waals surface area (Å²) in [4.78, 5) is 33.6. The molecular weight excluding hydrogens is 430 g/mol. The number of nitrogens with one attached hydrogen (secondary N) is 2. The van der Waals surface area contributed by atoms with E-state index in [0.29, 0.717) is 28.1 Å². The Labute approximate surface area is 190 Å². The van der Waals surface area contributed by atoms with Gasteiger partial charge in [0.05, 0.1) is 26.3 Å². The Bertz CT molecular complexity index is 1070. The van der Waals surface area contributed by atoms with Gasteiger partial charge in [-0.25, -0.2) is 9.97 Å². The Hall–Kier alpha value is -3.40. The minimum atomic E-state index is -0.523. The van der Waals surface area contributed by atoms with Crippen molar-refractivity contribution in [1.29, 1.82) is 0 Å². The number of hydrogen-bond acceptors (Lipinski definition) is 7. The Balaban J connectivity index is 1.81. The van der Waals surface area contributed by atoms with Crippen molar-refractivity contribution < 1.29 is 19.1 Å². The summed E-state index contributed by atoms with van der Waals surface area (Å²) in [5.74, 6) is 1.39. The van der Waals surface area contributed by atoms with Crippen molar-refractivity contribution in [3.05, 3.63) is 53.1 Å². The highest BCUT2D eigenvalue weighted by molar-refractivity contribution is 7.13. The van der Waals surface area contributed by atoms with Crippen molar-refractivity contribution >= 4 is 28.3 Å². The van der Waals surface area contributed by atoms with Gasteiger partial charge in [0.1, 0.15) is 23.4 Å². The van der Waals surface area contributed by atoms with Gasteiger partial charge in [-0.2, -0.15) is 0 Å². The van der Waals surface area contributed by atoms with Crippen LogP contribution in [0, 0.1) is 5.92 Å². The van der Waals surface area contributed by atoms with Crippen LogP contribution < -0.4 is 20.1 Å². The smallest absolute Gasteiger partial charge is 0.228 e. The molecular formula is C22H27N5O4S. The van der Waals surface area contributed by atoms with Crippen molar-refractivity contribution in [3.8, 4) is 11.5 Å². The minimum Gasteiger partial charge on any atom is -0.497 e. The van der Waals surface area contributed by atoms with Crippen LogP contribution >= 0.6 is 11.3 Å². The number of thiazole rings is 1. The number of benzene rings is 1. The zero-order chi connectivity index (χ0) is 23.3. The first-order valence-electron chi connectivity index (χ1n) is 10.1. The van der Waals surface area contributed by atoms with Crippen LogP contribution in [0.15, 0.2) is 36.0 Å². The lowest BCUT2D eigenvalue weighted by atomic mass is 10.0. The Kier molecular flexibility index (Phi) is 7.47. The predicted octanol–water partition coefficient (Wildman–Crippen LogP) is 2.94. The largest absolute Gasteiger partial charge is 0.497 e. The predicted molar refractivity (Wildman–Crippen MR) is 122 cm³/mol. The summed E-state index contributed by atoms with van der Waals surface area (Å²) in [5.41, 5.74) is 1.35. The van der Waals surface area contributed by atoms with Gasteiger partial charge in [-0.05, 0) is 17.7 Å². The number of methoxy groups -OCH3 is 2. The lowest BCUT2D eigenvalue weighted by Crippen LogP contribution is -2.32. The standard InChI is InChI=1S/C22H27N5O4S/c1-13(2)21(29)26-22-24-15(12-32-22)10-18(28)25-19(20-23-6-7-27(20)3)14-8-16(30-4)11-17(9-14)31-5/h6-9,11-13,19H,10H2,1-5H3,(H,25,28)(H,24,26,29). The fourth-order valence-electron chi connectivity index (χ4n) is 3.02. The van der Waals surface area contributed by atoms with Crippen LogP contribution in [-0.2, 0) is 23.1 Å². The normalized spacial score (nSPS) is 11.8. The number of aryl methyl sites for hydroxylation is 1. The molecule has 2 amide bonds. The average Bonchev–Trinajstić information content (AvgIpc) is 3.39. The summed E-state index contributed by atoms with van der Waals surface area (Å²) in [5, 5.41) is 8.03. The number of carbonyl (C=O) groups is 2. The molecule has 32 heavy (non-hydrogen) atoms. The van der Waals surface area contributed by atoms with E-state index >= 15 is 0 Å². The highest BCUT2D eigenvalue weighted by atomic mass is 32.1. The van der Waals surface area contributed by atoms with Crippen LogP contribution in [0.5, 0.6) is 11.5 Å². The number of hydrogen-bond donors (Lipinski definition) is 2. The molecule has 0 fully saturated rings. The van der Waals surface area contributed by atoms with Gasteiger partial charge in [0.15, 0.2) is 5.13 Å². The van der Waals surface area contributed by atoms with E-state index in [9.17, 15) is 9.59 Å². The maximum Gasteiger partial charge on any atom is 0.228 e. The second-order valence-corrected chi connectivity index (χ2v) is 8.37. The molecule has 0 aliphatic carbocycles. The molecule has 0 saturated heterocycles. The van der Waals surface area contributed by atoms with Gasteiger partial charge >= 0.3 is 0 Å². The van der Waals surface area contributed by atoms with Crippen molar-refractivity contribution in [3.63, 3.8) is 0 Å². The SMILES string of the molecule is COc1cc(OC)cc(C(NC(=O)Cc2csc(NC(=O)C(C)C)n2)c2nccn2C)c1. The molecule has 9 nitrogen and oxygen atoms in total. The van der Waals surface area contributed by atoms with E-state index in [1.807, 2.05) is 43.8 Å². The molecule has 170 valence electrons. The molecule has 0 saturated carbocycles. The van der Waals surface area contributed by atoms with Crippen molar-refractivity contribution in [1.82, 2.24) is 19.9 Å². The topological polar surface area (TPSA) is 107 Å². The van der Waals surface area contributed by atoms with E-state index in [2.05, 4.69) is 20.6 Å². The van der Waals surface area contributed by atoms with Crippen molar-refractivity contribution in [2.45, 2.75) is 26.3 Å². The molecule has 3 rings (SSSR count). The van der Waals surface area contributed by atoms with Gasteiger partial charge in [0.25, 0.3) is 0 Å². The minimum absolute atomic E-state index is 0.0656. The molecule has 2 N–H and O–H groups in total.